The van der Waals surface area contributed by atoms with Crippen molar-refractivity contribution < 1.29 is 9.90 Å². The molecule has 0 saturated heterocycles. The number of amides is 1. The Kier molecular flexibility index (Phi) is 6.01. The van der Waals surface area contributed by atoms with E-state index >= 15 is 0 Å². The smallest absolute Gasteiger partial charge is 0.224 e. The van der Waals surface area contributed by atoms with E-state index in [1.807, 2.05) is 0 Å². The minimum atomic E-state index is 0.0289. The molecule has 22 heavy (non-hydrogen) atoms. The van der Waals surface area contributed by atoms with E-state index in [2.05, 4.69) is 36.5 Å². The molecule has 0 saturated carbocycles. The van der Waals surface area contributed by atoms with E-state index in [-0.39, 0.29) is 11.7 Å². The van der Waals surface area contributed by atoms with Crippen LogP contribution in [0.25, 0.3) is 0 Å². The molecule has 0 aliphatic heterocycles. The molecule has 2 aromatic carbocycles. The summed E-state index contributed by atoms with van der Waals surface area (Å²) in [7, 11) is 0. The molecule has 116 valence electrons. The van der Waals surface area contributed by atoms with Gasteiger partial charge in [-0.1, -0.05) is 42.0 Å². The summed E-state index contributed by atoms with van der Waals surface area (Å²) in [5, 5.41) is 12.1. The number of nitrogens with one attached hydrogen (secondary N) is 1. The van der Waals surface area contributed by atoms with Crippen molar-refractivity contribution in [2.24, 2.45) is 0 Å². The molecule has 0 aliphatic rings. The number of phenolic OH excluding ortho intramolecular Hbond substituents is 1. The van der Waals surface area contributed by atoms with E-state index in [1.165, 1.54) is 11.1 Å². The molecule has 0 aliphatic carbocycles. The number of hydrogen-bond acceptors (Lipinski definition) is 2. The maximum atomic E-state index is 11.8. The zero-order chi connectivity index (χ0) is 15.8. The standard InChI is InChI=1S/C19H23NO2/c1-15-5-4-7-16(13-15)6-2-3-12-20-19(22)14-17-8-10-18(21)11-9-17/h4-5,7-11,13,21H,2-3,6,12,14H2,1H3,(H,20,22). The first kappa shape index (κ1) is 16.1. The molecule has 0 spiro atoms. The lowest BCUT2D eigenvalue weighted by molar-refractivity contribution is -0.120. The van der Waals surface area contributed by atoms with Gasteiger partial charge in [0.15, 0.2) is 0 Å². The lowest BCUT2D eigenvalue weighted by atomic mass is 10.1. The molecule has 3 nitrogen and oxygen atoms in total. The average molecular weight is 297 g/mol. The SMILES string of the molecule is Cc1cccc(CCCCNC(=O)Cc2ccc(O)cc2)c1. The first-order valence-corrected chi connectivity index (χ1v) is 7.73. The van der Waals surface area contributed by atoms with Crippen LogP contribution < -0.4 is 5.32 Å². The predicted molar refractivity (Wildman–Crippen MR) is 88.9 cm³/mol. The fraction of sp³-hybridized carbons (Fsp3) is 0.316. The number of aromatic hydroxyl groups is 1. The summed E-state index contributed by atoms with van der Waals surface area (Å²) in [5.74, 6) is 0.251. The van der Waals surface area contributed by atoms with Gasteiger partial charge >= 0.3 is 0 Å². The first-order valence-electron chi connectivity index (χ1n) is 7.73. The van der Waals surface area contributed by atoms with Gasteiger partial charge in [0.2, 0.25) is 5.91 Å². The largest absolute Gasteiger partial charge is 0.508 e. The quantitative estimate of drug-likeness (QED) is 0.770. The Labute approximate surface area is 132 Å². The fourth-order valence-electron chi connectivity index (χ4n) is 2.41. The van der Waals surface area contributed by atoms with E-state index in [0.29, 0.717) is 13.0 Å². The number of aryl methyl sites for hydroxylation is 2. The predicted octanol–water partition coefficient (Wildman–Crippen LogP) is 3.38. The second-order valence-corrected chi connectivity index (χ2v) is 5.64. The van der Waals surface area contributed by atoms with E-state index in [1.54, 1.807) is 24.3 Å². The highest BCUT2D eigenvalue weighted by atomic mass is 16.3. The van der Waals surface area contributed by atoms with E-state index < -0.39 is 0 Å². The Bertz CT molecular complexity index is 605. The van der Waals surface area contributed by atoms with Gasteiger partial charge in [0.05, 0.1) is 6.42 Å². The van der Waals surface area contributed by atoms with E-state index in [0.717, 1.165) is 24.8 Å². The lowest BCUT2D eigenvalue weighted by Crippen LogP contribution is -2.26. The van der Waals surface area contributed by atoms with Crippen molar-refractivity contribution in [3.63, 3.8) is 0 Å². The van der Waals surface area contributed by atoms with Crippen LogP contribution in [0.5, 0.6) is 5.75 Å². The van der Waals surface area contributed by atoms with Crippen molar-refractivity contribution in [1.82, 2.24) is 5.32 Å². The molecule has 0 fully saturated rings. The molecule has 3 heteroatoms. The molecule has 2 N–H and O–H groups in total. The van der Waals surface area contributed by atoms with Crippen LogP contribution >= 0.6 is 0 Å². The third-order valence-corrected chi connectivity index (χ3v) is 3.60. The fourth-order valence-corrected chi connectivity index (χ4v) is 2.41. The third kappa shape index (κ3) is 5.60. The average Bonchev–Trinajstić information content (AvgIpc) is 2.49. The Hall–Kier alpha value is -2.29. The highest BCUT2D eigenvalue weighted by Gasteiger charge is 2.03. The molecule has 0 radical (unpaired) electrons. The van der Waals surface area contributed by atoms with Gasteiger partial charge in [0.25, 0.3) is 0 Å². The summed E-state index contributed by atoms with van der Waals surface area (Å²) in [6.45, 7) is 2.82. The molecule has 2 aromatic rings. The Morgan fingerprint density at radius 3 is 2.55 bits per heavy atom. The van der Waals surface area contributed by atoms with Crippen LogP contribution in [0, 0.1) is 6.92 Å². The molecule has 0 atom stereocenters. The summed E-state index contributed by atoms with van der Waals surface area (Å²) in [5.41, 5.74) is 3.56. The van der Waals surface area contributed by atoms with Crippen molar-refractivity contribution >= 4 is 5.91 Å². The van der Waals surface area contributed by atoms with Crippen LogP contribution in [-0.2, 0) is 17.6 Å². The molecule has 0 heterocycles. The monoisotopic (exact) mass is 297 g/mol. The van der Waals surface area contributed by atoms with Gasteiger partial charge in [0.1, 0.15) is 5.75 Å². The summed E-state index contributed by atoms with van der Waals surface area (Å²) >= 11 is 0. The van der Waals surface area contributed by atoms with Crippen LogP contribution in [0.1, 0.15) is 29.5 Å². The van der Waals surface area contributed by atoms with Gasteiger partial charge < -0.3 is 10.4 Å². The number of carbonyl (C=O) groups excluding carboxylic acids is 1. The molecule has 2 rings (SSSR count). The van der Waals surface area contributed by atoms with E-state index in [4.69, 9.17) is 0 Å². The molecule has 1 amide bonds. The van der Waals surface area contributed by atoms with Crippen molar-refractivity contribution in [3.8, 4) is 5.75 Å². The molecular weight excluding hydrogens is 274 g/mol. The Balaban J connectivity index is 1.62. The van der Waals surface area contributed by atoms with Gasteiger partial charge in [-0.05, 0) is 49.4 Å². The Morgan fingerprint density at radius 2 is 1.82 bits per heavy atom. The van der Waals surface area contributed by atoms with Crippen LogP contribution in [0.2, 0.25) is 0 Å². The lowest BCUT2D eigenvalue weighted by Gasteiger charge is -2.06. The highest BCUT2D eigenvalue weighted by Crippen LogP contribution is 2.10. The number of unbranched alkanes of at least 4 members (excludes halogenated alkanes) is 1. The molecule has 0 bridgehead atoms. The van der Waals surface area contributed by atoms with Crippen LogP contribution in [-0.4, -0.2) is 17.6 Å². The molecule has 0 aromatic heterocycles. The van der Waals surface area contributed by atoms with Crippen LogP contribution in [0.4, 0.5) is 0 Å². The highest BCUT2D eigenvalue weighted by molar-refractivity contribution is 5.78. The second-order valence-electron chi connectivity index (χ2n) is 5.64. The van der Waals surface area contributed by atoms with Crippen LogP contribution in [0.3, 0.4) is 0 Å². The maximum Gasteiger partial charge on any atom is 0.224 e. The zero-order valence-electron chi connectivity index (χ0n) is 13.0. The van der Waals surface area contributed by atoms with Gasteiger partial charge in [-0.15, -0.1) is 0 Å². The molecule has 0 unspecified atom stereocenters. The topological polar surface area (TPSA) is 49.3 Å². The maximum absolute atomic E-state index is 11.8. The van der Waals surface area contributed by atoms with Crippen molar-refractivity contribution in [1.29, 1.82) is 0 Å². The zero-order valence-corrected chi connectivity index (χ0v) is 13.0. The minimum Gasteiger partial charge on any atom is -0.508 e. The minimum absolute atomic E-state index is 0.0289. The summed E-state index contributed by atoms with van der Waals surface area (Å²) in [4.78, 5) is 11.8. The summed E-state index contributed by atoms with van der Waals surface area (Å²) in [6, 6.07) is 15.3. The normalized spacial score (nSPS) is 10.4. The van der Waals surface area contributed by atoms with Crippen molar-refractivity contribution in [2.75, 3.05) is 6.54 Å². The summed E-state index contributed by atoms with van der Waals surface area (Å²) in [6.07, 6.45) is 3.46. The van der Waals surface area contributed by atoms with Gasteiger partial charge in [-0.2, -0.15) is 0 Å². The Morgan fingerprint density at radius 1 is 1.05 bits per heavy atom. The van der Waals surface area contributed by atoms with Crippen LogP contribution in [0.15, 0.2) is 48.5 Å². The molecular formula is C19H23NO2. The van der Waals surface area contributed by atoms with Gasteiger partial charge in [0, 0.05) is 6.54 Å². The number of rotatable bonds is 7. The van der Waals surface area contributed by atoms with Gasteiger partial charge in [-0.3, -0.25) is 4.79 Å². The number of carbonyl (C=O) groups is 1. The van der Waals surface area contributed by atoms with Gasteiger partial charge in [-0.25, -0.2) is 0 Å². The number of hydrogen-bond donors (Lipinski definition) is 2. The number of benzene rings is 2. The second kappa shape index (κ2) is 8.23. The summed E-state index contributed by atoms with van der Waals surface area (Å²) < 4.78 is 0. The van der Waals surface area contributed by atoms with E-state index in [9.17, 15) is 9.90 Å². The van der Waals surface area contributed by atoms with Crippen molar-refractivity contribution in [2.45, 2.75) is 32.6 Å². The first-order chi connectivity index (χ1) is 10.6. The van der Waals surface area contributed by atoms with Crippen molar-refractivity contribution in [3.05, 3.63) is 65.2 Å². The number of phenols is 1. The third-order valence-electron chi connectivity index (χ3n) is 3.60.